The van der Waals surface area contributed by atoms with Gasteiger partial charge in [0.05, 0.1) is 35.6 Å². The molecule has 2 unspecified atom stereocenters. The van der Waals surface area contributed by atoms with Gasteiger partial charge in [0, 0.05) is 35.5 Å². The first-order chi connectivity index (χ1) is 24.8. The van der Waals surface area contributed by atoms with E-state index in [1.54, 1.807) is 0 Å². The highest BCUT2D eigenvalue weighted by atomic mass is 32.1. The normalized spacial score (nSPS) is 23.2. The van der Waals surface area contributed by atoms with E-state index < -0.39 is 5.97 Å². The molecule has 4 bridgehead atoms. The zero-order valence-electron chi connectivity index (χ0n) is 28.6. The zero-order chi connectivity index (χ0) is 34.9. The maximum absolute atomic E-state index is 13.6. The van der Waals surface area contributed by atoms with Gasteiger partial charge in [-0.25, -0.2) is 14.8 Å². The number of fused-ring (bicyclic) bond motifs is 2. The summed E-state index contributed by atoms with van der Waals surface area (Å²) in [6.07, 6.45) is 6.71. The topological polar surface area (TPSA) is 122 Å². The Balaban J connectivity index is 1.01. The van der Waals surface area contributed by atoms with Crippen molar-refractivity contribution in [2.45, 2.75) is 70.2 Å². The molecule has 6 heterocycles. The van der Waals surface area contributed by atoms with Crippen LogP contribution in [0.2, 0.25) is 0 Å². The van der Waals surface area contributed by atoms with Crippen molar-refractivity contribution in [3.63, 3.8) is 0 Å². The molecular formula is C40H38N6O4S. The van der Waals surface area contributed by atoms with Gasteiger partial charge in [0.1, 0.15) is 17.6 Å². The number of nitrogens with one attached hydrogen (secondary N) is 1. The first kappa shape index (κ1) is 31.9. The molecule has 5 aliphatic rings. The monoisotopic (exact) mass is 698 g/mol. The SMILES string of the molecule is COC(=O)c1nc(N2CCc3cccc(C(=O)Nc4nc5ccccc5s4)c3C2)ccc1-c1cc(C#N)n(CC23CC4CC(CC(C4)O2)C3)c1C. The minimum absolute atomic E-state index is 0.193. The van der Waals surface area contributed by atoms with Crippen LogP contribution in [0.25, 0.3) is 21.3 Å². The number of hydrogen-bond donors (Lipinski definition) is 1. The van der Waals surface area contributed by atoms with Gasteiger partial charge in [-0.1, -0.05) is 35.6 Å². The number of carbonyl (C=O) groups is 2. The average molecular weight is 699 g/mol. The van der Waals surface area contributed by atoms with Crippen molar-refractivity contribution in [2.75, 3.05) is 23.9 Å². The number of amides is 1. The number of carbonyl (C=O) groups excluding carboxylic acids is 2. The number of aromatic nitrogens is 3. The number of hydrogen-bond acceptors (Lipinski definition) is 9. The number of benzene rings is 2. The molecule has 258 valence electrons. The van der Waals surface area contributed by atoms with Crippen LogP contribution < -0.4 is 10.2 Å². The van der Waals surface area contributed by atoms with Crippen LogP contribution in [-0.2, 0) is 29.0 Å². The van der Waals surface area contributed by atoms with E-state index in [2.05, 4.69) is 31.9 Å². The number of methoxy groups -OCH3 is 1. The summed E-state index contributed by atoms with van der Waals surface area (Å²) in [5.41, 5.74) is 6.27. The van der Waals surface area contributed by atoms with Crippen molar-refractivity contribution in [1.29, 1.82) is 5.26 Å². The molecule has 3 aromatic heterocycles. The summed E-state index contributed by atoms with van der Waals surface area (Å²) < 4.78 is 15.0. The summed E-state index contributed by atoms with van der Waals surface area (Å²) in [5, 5.41) is 13.8. The van der Waals surface area contributed by atoms with E-state index in [1.807, 2.05) is 61.5 Å². The predicted octanol–water partition coefficient (Wildman–Crippen LogP) is 7.29. The molecule has 4 fully saturated rings. The Hall–Kier alpha value is -5.05. The molecule has 51 heavy (non-hydrogen) atoms. The van der Waals surface area contributed by atoms with E-state index >= 15 is 0 Å². The predicted molar refractivity (Wildman–Crippen MR) is 195 cm³/mol. The third-order valence-corrected chi connectivity index (χ3v) is 12.4. The highest BCUT2D eigenvalue weighted by Gasteiger charge is 2.52. The lowest BCUT2D eigenvalue weighted by Crippen LogP contribution is -2.56. The molecule has 2 aliphatic carbocycles. The highest BCUT2D eigenvalue weighted by molar-refractivity contribution is 7.22. The van der Waals surface area contributed by atoms with E-state index in [0.717, 1.165) is 58.3 Å². The van der Waals surface area contributed by atoms with E-state index in [1.165, 1.54) is 24.9 Å². The second-order valence-electron chi connectivity index (χ2n) is 14.6. The van der Waals surface area contributed by atoms with E-state index in [-0.39, 0.29) is 17.2 Å². The molecule has 0 radical (unpaired) electrons. The Morgan fingerprint density at radius 1 is 1.06 bits per heavy atom. The molecule has 2 atom stereocenters. The fraction of sp³-hybridized carbons (Fsp3) is 0.375. The summed E-state index contributed by atoms with van der Waals surface area (Å²) in [6.45, 7) is 3.76. The van der Waals surface area contributed by atoms with E-state index in [4.69, 9.17) is 14.5 Å². The Kier molecular flexibility index (Phi) is 7.71. The summed E-state index contributed by atoms with van der Waals surface area (Å²) in [7, 11) is 1.36. The number of nitriles is 1. The lowest BCUT2D eigenvalue weighted by molar-refractivity contribution is -0.225. The molecule has 2 saturated carbocycles. The molecule has 10 rings (SSSR count). The first-order valence-electron chi connectivity index (χ1n) is 17.7. The molecule has 3 aliphatic heterocycles. The number of ether oxygens (including phenoxy) is 2. The first-order valence-corrected chi connectivity index (χ1v) is 18.5. The standard InChI is InChI=1S/C40H38N6O4S/c1-23-31(17-27(20-41)46(23)22-40-18-24-14-25(19-40)16-28(15-24)50-40)29-10-11-35(43-36(29)38(48)49-2)45-13-12-26-6-5-7-30(32(26)21-45)37(47)44-39-42-33-8-3-4-9-34(33)51-39/h3-11,17,24-25,28H,12-16,18-19,21-22H2,1-2H3,(H,42,44,47). The van der Waals surface area contributed by atoms with Crippen LogP contribution in [0.5, 0.6) is 0 Å². The van der Waals surface area contributed by atoms with Crippen LogP contribution >= 0.6 is 11.3 Å². The number of para-hydroxylation sites is 1. The minimum Gasteiger partial charge on any atom is -0.464 e. The maximum atomic E-state index is 13.6. The van der Waals surface area contributed by atoms with Gasteiger partial charge in [0.25, 0.3) is 5.91 Å². The quantitative estimate of drug-likeness (QED) is 0.176. The maximum Gasteiger partial charge on any atom is 0.357 e. The highest BCUT2D eigenvalue weighted by Crippen LogP contribution is 2.54. The second-order valence-corrected chi connectivity index (χ2v) is 15.6. The molecule has 2 aromatic carbocycles. The van der Waals surface area contributed by atoms with E-state index in [9.17, 15) is 14.9 Å². The molecular weight excluding hydrogens is 661 g/mol. The number of anilines is 2. The smallest absolute Gasteiger partial charge is 0.357 e. The Morgan fingerprint density at radius 3 is 2.65 bits per heavy atom. The molecule has 5 aromatic rings. The van der Waals surface area contributed by atoms with Gasteiger partial charge in [0.15, 0.2) is 10.8 Å². The lowest BCUT2D eigenvalue weighted by atomic mass is 9.62. The Labute approximate surface area is 300 Å². The molecule has 10 nitrogen and oxygen atoms in total. The number of pyridine rings is 1. The fourth-order valence-electron chi connectivity index (χ4n) is 9.36. The van der Waals surface area contributed by atoms with Crippen molar-refractivity contribution in [3.05, 3.63) is 94.4 Å². The van der Waals surface area contributed by atoms with Gasteiger partial charge in [0.2, 0.25) is 0 Å². The summed E-state index contributed by atoms with van der Waals surface area (Å²) in [6, 6.07) is 21.7. The molecule has 11 heteroatoms. The fourth-order valence-corrected chi connectivity index (χ4v) is 10.2. The Bertz CT molecular complexity index is 2200. The van der Waals surface area contributed by atoms with Crippen molar-refractivity contribution in [3.8, 4) is 17.2 Å². The van der Waals surface area contributed by atoms with E-state index in [0.29, 0.717) is 71.8 Å². The van der Waals surface area contributed by atoms with Crippen LogP contribution in [0.4, 0.5) is 10.9 Å². The molecule has 2 saturated heterocycles. The summed E-state index contributed by atoms with van der Waals surface area (Å²) in [4.78, 5) is 38.5. The lowest BCUT2D eigenvalue weighted by Gasteiger charge is -2.56. The van der Waals surface area contributed by atoms with Gasteiger partial charge in [-0.05, 0) is 105 Å². The number of nitrogens with zero attached hydrogens (tertiary/aromatic N) is 5. The average Bonchev–Trinajstić information content (AvgIpc) is 3.68. The van der Waals surface area contributed by atoms with Crippen LogP contribution in [0.3, 0.4) is 0 Å². The molecule has 1 N–H and O–H groups in total. The van der Waals surface area contributed by atoms with Gasteiger partial charge in [-0.3, -0.25) is 10.1 Å². The van der Waals surface area contributed by atoms with Crippen LogP contribution in [0.1, 0.15) is 75.5 Å². The minimum atomic E-state index is -0.546. The summed E-state index contributed by atoms with van der Waals surface area (Å²) >= 11 is 1.45. The van der Waals surface area contributed by atoms with Gasteiger partial charge >= 0.3 is 5.97 Å². The van der Waals surface area contributed by atoms with Crippen molar-refractivity contribution >= 4 is 44.4 Å². The van der Waals surface area contributed by atoms with Crippen LogP contribution in [0.15, 0.2) is 60.7 Å². The summed E-state index contributed by atoms with van der Waals surface area (Å²) in [5.74, 6) is 1.26. The second kappa shape index (κ2) is 12.3. The third kappa shape index (κ3) is 5.58. The van der Waals surface area contributed by atoms with Crippen molar-refractivity contribution in [1.82, 2.24) is 14.5 Å². The number of rotatable bonds is 7. The number of esters is 1. The third-order valence-electron chi connectivity index (χ3n) is 11.4. The van der Waals surface area contributed by atoms with Gasteiger partial charge < -0.3 is 18.9 Å². The zero-order valence-corrected chi connectivity index (χ0v) is 29.5. The van der Waals surface area contributed by atoms with Crippen molar-refractivity contribution < 1.29 is 19.1 Å². The Morgan fingerprint density at radius 2 is 1.88 bits per heavy atom. The molecule has 0 spiro atoms. The van der Waals surface area contributed by atoms with Crippen molar-refractivity contribution in [2.24, 2.45) is 11.8 Å². The largest absolute Gasteiger partial charge is 0.464 e. The number of thiazole rings is 1. The van der Waals surface area contributed by atoms with Gasteiger partial charge in [-0.2, -0.15) is 5.26 Å². The molecule has 1 amide bonds. The van der Waals surface area contributed by atoms with Gasteiger partial charge in [-0.15, -0.1) is 0 Å². The van der Waals surface area contributed by atoms with Crippen LogP contribution in [-0.4, -0.2) is 51.8 Å². The van der Waals surface area contributed by atoms with Crippen LogP contribution in [0, 0.1) is 30.1 Å².